The van der Waals surface area contributed by atoms with Crippen molar-refractivity contribution in [3.63, 3.8) is 0 Å². The van der Waals surface area contributed by atoms with Crippen molar-refractivity contribution in [2.24, 2.45) is 0 Å². The van der Waals surface area contributed by atoms with Crippen LogP contribution < -0.4 is 5.32 Å². The van der Waals surface area contributed by atoms with Crippen LogP contribution in [0.15, 0.2) is 59.5 Å². The second kappa shape index (κ2) is 9.59. The van der Waals surface area contributed by atoms with Crippen LogP contribution in [0.1, 0.15) is 24.3 Å². The molecule has 3 nitrogen and oxygen atoms in total. The van der Waals surface area contributed by atoms with Gasteiger partial charge in [-0.1, -0.05) is 30.3 Å². The van der Waals surface area contributed by atoms with Gasteiger partial charge in [-0.2, -0.15) is 0 Å². The molecular weight excluding hydrogens is 348 g/mol. The number of thioether (sulfide) groups is 1. The minimum absolute atomic E-state index is 0.144. The third kappa shape index (κ3) is 5.87. The van der Waals surface area contributed by atoms with Gasteiger partial charge in [0.05, 0.1) is 15.2 Å². The van der Waals surface area contributed by atoms with Gasteiger partial charge in [0.2, 0.25) is 5.91 Å². The maximum absolute atomic E-state index is 11.9. The molecule has 0 radical (unpaired) electrons. The number of fused-ring (bicyclic) bond motifs is 1. The van der Waals surface area contributed by atoms with Crippen LogP contribution in [0.25, 0.3) is 10.2 Å². The molecule has 3 rings (SSSR count). The van der Waals surface area contributed by atoms with Gasteiger partial charge in [0.15, 0.2) is 0 Å². The van der Waals surface area contributed by atoms with E-state index in [9.17, 15) is 4.79 Å². The molecule has 0 aliphatic carbocycles. The lowest BCUT2D eigenvalue weighted by Crippen LogP contribution is -2.24. The molecule has 1 N–H and O–H groups in total. The number of hydrogen-bond donors (Lipinski definition) is 1. The molecule has 1 amide bonds. The zero-order chi connectivity index (χ0) is 17.3. The number of nitrogens with zero attached hydrogens (tertiary/aromatic N) is 1. The Labute approximate surface area is 156 Å². The smallest absolute Gasteiger partial charge is 0.220 e. The summed E-state index contributed by atoms with van der Waals surface area (Å²) in [4.78, 5) is 17.8. The van der Waals surface area contributed by atoms with Gasteiger partial charge in [-0.3, -0.25) is 4.79 Å². The number of aryl methyl sites for hydroxylation is 1. The first-order valence-corrected chi connectivity index (χ1v) is 10.4. The molecule has 0 spiro atoms. The number of benzene rings is 2. The van der Waals surface area contributed by atoms with E-state index in [1.807, 2.05) is 36.0 Å². The Bertz CT molecular complexity index is 769. The normalized spacial score (nSPS) is 10.9. The number of hydrogen-bond acceptors (Lipinski definition) is 4. The van der Waals surface area contributed by atoms with Gasteiger partial charge in [-0.25, -0.2) is 4.98 Å². The number of thiazole rings is 1. The van der Waals surface area contributed by atoms with E-state index in [2.05, 4.69) is 40.6 Å². The molecule has 0 aliphatic rings. The quantitative estimate of drug-likeness (QED) is 0.429. The van der Waals surface area contributed by atoms with E-state index in [4.69, 9.17) is 0 Å². The summed E-state index contributed by atoms with van der Waals surface area (Å²) in [5.74, 6) is 1.17. The van der Waals surface area contributed by atoms with E-state index in [1.165, 1.54) is 9.60 Å². The van der Waals surface area contributed by atoms with Crippen LogP contribution in [0.3, 0.4) is 0 Å². The fourth-order valence-electron chi connectivity index (χ4n) is 2.52. The van der Waals surface area contributed by atoms with Crippen molar-refractivity contribution in [3.05, 3.63) is 59.6 Å². The Balaban J connectivity index is 1.28. The molecule has 0 unspecified atom stereocenters. The van der Waals surface area contributed by atoms with Gasteiger partial charge in [-0.15, -0.1) is 23.1 Å². The third-order valence-electron chi connectivity index (χ3n) is 3.79. The maximum atomic E-state index is 11.9. The lowest BCUT2D eigenvalue weighted by atomic mass is 10.2. The second-order valence-electron chi connectivity index (χ2n) is 5.79. The Hall–Kier alpha value is -1.85. The molecule has 0 fully saturated rings. The molecular formula is C20H22N2OS2. The van der Waals surface area contributed by atoms with Crippen molar-refractivity contribution < 1.29 is 4.79 Å². The lowest BCUT2D eigenvalue weighted by Gasteiger charge is -2.05. The van der Waals surface area contributed by atoms with Crippen LogP contribution in [0.2, 0.25) is 0 Å². The summed E-state index contributed by atoms with van der Waals surface area (Å²) in [5.41, 5.74) is 1.06. The highest BCUT2D eigenvalue weighted by Crippen LogP contribution is 2.22. The van der Waals surface area contributed by atoms with Crippen molar-refractivity contribution in [3.8, 4) is 0 Å². The predicted octanol–water partition coefficient (Wildman–Crippen LogP) is 4.92. The average Bonchev–Trinajstić information content (AvgIpc) is 3.05. The Morgan fingerprint density at radius 2 is 1.84 bits per heavy atom. The molecule has 0 bridgehead atoms. The largest absolute Gasteiger partial charge is 0.356 e. The second-order valence-corrected chi connectivity index (χ2v) is 8.08. The van der Waals surface area contributed by atoms with E-state index in [0.29, 0.717) is 6.42 Å². The zero-order valence-electron chi connectivity index (χ0n) is 14.1. The van der Waals surface area contributed by atoms with Gasteiger partial charge in [0, 0.05) is 17.9 Å². The minimum atomic E-state index is 0.144. The number of nitrogens with one attached hydrogen (secondary N) is 1. The first-order valence-electron chi connectivity index (χ1n) is 8.60. The summed E-state index contributed by atoms with van der Waals surface area (Å²) in [5, 5.41) is 4.13. The van der Waals surface area contributed by atoms with Crippen LogP contribution in [0.4, 0.5) is 0 Å². The molecule has 3 aromatic rings. The molecule has 1 aromatic heterocycles. The molecule has 0 atom stereocenters. The summed E-state index contributed by atoms with van der Waals surface area (Å²) in [6, 6.07) is 18.5. The summed E-state index contributed by atoms with van der Waals surface area (Å²) in [7, 11) is 0. The summed E-state index contributed by atoms with van der Waals surface area (Å²) in [6.45, 7) is 0.750. The van der Waals surface area contributed by atoms with Crippen LogP contribution in [0.5, 0.6) is 0 Å². The topological polar surface area (TPSA) is 42.0 Å². The van der Waals surface area contributed by atoms with Gasteiger partial charge in [0.1, 0.15) is 0 Å². The van der Waals surface area contributed by atoms with Gasteiger partial charge in [0.25, 0.3) is 0 Å². The number of carbonyl (C=O) groups excluding carboxylic acids is 1. The first-order chi connectivity index (χ1) is 12.3. The Kier molecular flexibility index (Phi) is 6.89. The fourth-order valence-corrected chi connectivity index (χ4v) is 4.41. The van der Waals surface area contributed by atoms with Crippen molar-refractivity contribution in [1.82, 2.24) is 10.3 Å². The van der Waals surface area contributed by atoms with Crippen LogP contribution in [-0.2, 0) is 11.2 Å². The fraction of sp³-hybridized carbons (Fsp3) is 0.300. The average molecular weight is 371 g/mol. The number of aromatic nitrogens is 1. The maximum Gasteiger partial charge on any atom is 0.220 e. The number of para-hydroxylation sites is 1. The Morgan fingerprint density at radius 3 is 2.68 bits per heavy atom. The number of amides is 1. The zero-order valence-corrected chi connectivity index (χ0v) is 15.7. The van der Waals surface area contributed by atoms with Crippen molar-refractivity contribution in [2.75, 3.05) is 12.3 Å². The summed E-state index contributed by atoms with van der Waals surface area (Å²) < 4.78 is 1.22. The lowest BCUT2D eigenvalue weighted by molar-refractivity contribution is -0.121. The van der Waals surface area contributed by atoms with Gasteiger partial charge in [-0.05, 0) is 49.3 Å². The predicted molar refractivity (Wildman–Crippen MR) is 107 cm³/mol. The van der Waals surface area contributed by atoms with E-state index in [0.717, 1.165) is 42.1 Å². The SMILES string of the molecule is O=C(CCCc1nc2ccccc2s1)NCCCSc1ccccc1. The van der Waals surface area contributed by atoms with E-state index >= 15 is 0 Å². The van der Waals surface area contributed by atoms with Gasteiger partial charge < -0.3 is 5.32 Å². The first kappa shape index (κ1) is 18.0. The number of carbonyl (C=O) groups is 1. The minimum Gasteiger partial charge on any atom is -0.356 e. The molecule has 25 heavy (non-hydrogen) atoms. The summed E-state index contributed by atoms with van der Waals surface area (Å²) in [6.07, 6.45) is 3.28. The number of rotatable bonds is 9. The van der Waals surface area contributed by atoms with Crippen molar-refractivity contribution in [2.45, 2.75) is 30.6 Å². The van der Waals surface area contributed by atoms with Crippen molar-refractivity contribution in [1.29, 1.82) is 0 Å². The molecule has 130 valence electrons. The molecule has 1 heterocycles. The highest BCUT2D eigenvalue weighted by Gasteiger charge is 2.05. The summed E-state index contributed by atoms with van der Waals surface area (Å²) >= 11 is 3.56. The van der Waals surface area contributed by atoms with E-state index in [1.54, 1.807) is 11.3 Å². The van der Waals surface area contributed by atoms with E-state index in [-0.39, 0.29) is 5.91 Å². The standard InChI is InChI=1S/C20H22N2OS2/c23-19(21-14-7-15-24-16-8-2-1-3-9-16)12-6-13-20-22-17-10-4-5-11-18(17)25-20/h1-5,8-11H,6-7,12-15H2,(H,21,23). The highest BCUT2D eigenvalue weighted by molar-refractivity contribution is 7.99. The monoisotopic (exact) mass is 370 g/mol. The van der Waals surface area contributed by atoms with Gasteiger partial charge >= 0.3 is 0 Å². The molecule has 0 aliphatic heterocycles. The third-order valence-corrected chi connectivity index (χ3v) is 5.98. The molecule has 5 heteroatoms. The highest BCUT2D eigenvalue weighted by atomic mass is 32.2. The van der Waals surface area contributed by atoms with Crippen LogP contribution >= 0.6 is 23.1 Å². The molecule has 2 aromatic carbocycles. The van der Waals surface area contributed by atoms with E-state index < -0.39 is 0 Å². The molecule has 0 saturated carbocycles. The van der Waals surface area contributed by atoms with Crippen LogP contribution in [0, 0.1) is 0 Å². The molecule has 0 saturated heterocycles. The van der Waals surface area contributed by atoms with Crippen LogP contribution in [-0.4, -0.2) is 23.2 Å². The van der Waals surface area contributed by atoms with Crippen molar-refractivity contribution >= 4 is 39.2 Å². The Morgan fingerprint density at radius 1 is 1.04 bits per heavy atom.